The van der Waals surface area contributed by atoms with Crippen LogP contribution in [0.1, 0.15) is 25.8 Å². The second-order valence-corrected chi connectivity index (χ2v) is 8.41. The summed E-state index contributed by atoms with van der Waals surface area (Å²) in [6.45, 7) is 6.43. The molecule has 2 heterocycles. The summed E-state index contributed by atoms with van der Waals surface area (Å²) in [6.07, 6.45) is -3.46. The number of anilines is 2. The topological polar surface area (TPSA) is 61.4 Å². The van der Waals surface area contributed by atoms with E-state index in [1.807, 2.05) is 30.9 Å². The Labute approximate surface area is 184 Å². The Bertz CT molecular complexity index is 870. The largest absolute Gasteiger partial charge is 0.416 e. The quantitative estimate of drug-likeness (QED) is 0.643. The molecule has 0 spiro atoms. The molecule has 1 aromatic heterocycles. The zero-order chi connectivity index (χ0) is 22.4. The summed E-state index contributed by atoms with van der Waals surface area (Å²) in [4.78, 5) is 15.9. The molecule has 0 aliphatic carbocycles. The molecular weight excluding hydrogens is 427 g/mol. The minimum absolute atomic E-state index is 0.0315. The third-order valence-electron chi connectivity index (χ3n) is 5.14. The van der Waals surface area contributed by atoms with E-state index in [0.29, 0.717) is 36.9 Å². The summed E-state index contributed by atoms with van der Waals surface area (Å²) >= 11 is 1.33. The Morgan fingerprint density at radius 3 is 2.45 bits per heavy atom. The van der Waals surface area contributed by atoms with Gasteiger partial charge >= 0.3 is 6.18 Å². The molecule has 1 N–H and O–H groups in total. The Kier molecular flexibility index (Phi) is 7.64. The van der Waals surface area contributed by atoms with Crippen LogP contribution < -0.4 is 15.1 Å². The molecule has 10 heteroatoms. The number of piperazine rings is 1. The van der Waals surface area contributed by atoms with Gasteiger partial charge in [-0.2, -0.15) is 13.2 Å². The van der Waals surface area contributed by atoms with Crippen LogP contribution in [0.3, 0.4) is 0 Å². The maximum Gasteiger partial charge on any atom is 0.416 e. The summed E-state index contributed by atoms with van der Waals surface area (Å²) in [6, 6.07) is 9.27. The van der Waals surface area contributed by atoms with Crippen molar-refractivity contribution in [3.8, 4) is 0 Å². The van der Waals surface area contributed by atoms with Crippen LogP contribution in [0.25, 0.3) is 0 Å². The van der Waals surface area contributed by atoms with Gasteiger partial charge in [0.2, 0.25) is 5.91 Å². The summed E-state index contributed by atoms with van der Waals surface area (Å²) in [5.74, 6) is 0.974. The average molecular weight is 454 g/mol. The highest BCUT2D eigenvalue weighted by atomic mass is 32.2. The van der Waals surface area contributed by atoms with E-state index in [-0.39, 0.29) is 17.7 Å². The molecular formula is C21H26F3N5OS. The van der Waals surface area contributed by atoms with Gasteiger partial charge in [-0.1, -0.05) is 24.8 Å². The van der Waals surface area contributed by atoms with Crippen LogP contribution in [0.5, 0.6) is 0 Å². The molecule has 2 aromatic rings. The van der Waals surface area contributed by atoms with Crippen LogP contribution in [0, 0.1) is 0 Å². The van der Waals surface area contributed by atoms with Crippen molar-refractivity contribution in [1.29, 1.82) is 0 Å². The molecule has 0 radical (unpaired) electrons. The standard InChI is InChI=1S/C21H26F3N5OS/c1-3-15(2)25-19(30)14-31-20-8-7-18(26-27-20)29-11-9-28(10-12-29)17-6-4-5-16(13-17)21(22,23)24/h4-8,13,15H,3,9-12,14H2,1-2H3,(H,25,30)/t15-/m0/s1. The van der Waals surface area contributed by atoms with Crippen molar-refractivity contribution in [2.75, 3.05) is 41.7 Å². The highest BCUT2D eigenvalue weighted by Crippen LogP contribution is 2.32. The Morgan fingerprint density at radius 1 is 1.13 bits per heavy atom. The first kappa shape index (κ1) is 23.2. The highest BCUT2D eigenvalue weighted by molar-refractivity contribution is 7.99. The van der Waals surface area contributed by atoms with Gasteiger partial charge in [0, 0.05) is 37.9 Å². The van der Waals surface area contributed by atoms with E-state index in [1.54, 1.807) is 6.07 Å². The molecule has 168 valence electrons. The first-order valence-corrected chi connectivity index (χ1v) is 11.2. The molecule has 1 fully saturated rings. The lowest BCUT2D eigenvalue weighted by atomic mass is 10.1. The van der Waals surface area contributed by atoms with E-state index in [1.165, 1.54) is 23.9 Å². The fourth-order valence-corrected chi connectivity index (χ4v) is 3.81. The van der Waals surface area contributed by atoms with Gasteiger partial charge in [-0.25, -0.2) is 0 Å². The SMILES string of the molecule is CC[C@H](C)NC(=O)CSc1ccc(N2CCN(c3cccc(C(F)(F)F)c3)CC2)nn1. The van der Waals surface area contributed by atoms with Gasteiger partial charge in [-0.15, -0.1) is 10.2 Å². The van der Waals surface area contributed by atoms with Gasteiger partial charge in [0.1, 0.15) is 5.03 Å². The predicted octanol–water partition coefficient (Wildman–Crippen LogP) is 3.83. The molecule has 1 saturated heterocycles. The smallest absolute Gasteiger partial charge is 0.368 e. The number of aromatic nitrogens is 2. The Hall–Kier alpha value is -2.49. The highest BCUT2D eigenvalue weighted by Gasteiger charge is 2.31. The summed E-state index contributed by atoms with van der Waals surface area (Å²) in [7, 11) is 0. The third-order valence-corrected chi connectivity index (χ3v) is 6.06. The van der Waals surface area contributed by atoms with Gasteiger partial charge in [-0.3, -0.25) is 4.79 Å². The van der Waals surface area contributed by atoms with E-state index >= 15 is 0 Å². The van der Waals surface area contributed by atoms with Crippen molar-refractivity contribution in [2.24, 2.45) is 0 Å². The molecule has 1 aliphatic rings. The first-order chi connectivity index (χ1) is 14.8. The van der Waals surface area contributed by atoms with Crippen molar-refractivity contribution in [3.05, 3.63) is 42.0 Å². The van der Waals surface area contributed by atoms with Crippen molar-refractivity contribution >= 4 is 29.2 Å². The second-order valence-electron chi connectivity index (χ2n) is 7.42. The van der Waals surface area contributed by atoms with Crippen LogP contribution in [0.4, 0.5) is 24.7 Å². The second kappa shape index (κ2) is 10.2. The van der Waals surface area contributed by atoms with Gasteiger partial charge in [-0.05, 0) is 43.7 Å². The lowest BCUT2D eigenvalue weighted by Crippen LogP contribution is -2.47. The number of rotatable bonds is 7. The number of thioether (sulfide) groups is 1. The Balaban J connectivity index is 1.51. The molecule has 0 bridgehead atoms. The van der Waals surface area contributed by atoms with E-state index in [0.717, 1.165) is 18.3 Å². The number of hydrogen-bond donors (Lipinski definition) is 1. The normalized spacial score (nSPS) is 15.6. The molecule has 0 saturated carbocycles. The number of halogens is 3. The molecule has 1 aliphatic heterocycles. The minimum Gasteiger partial charge on any atom is -0.368 e. The van der Waals surface area contributed by atoms with Crippen LogP contribution in [0.2, 0.25) is 0 Å². The van der Waals surface area contributed by atoms with Crippen LogP contribution in [-0.4, -0.2) is 54.1 Å². The monoisotopic (exact) mass is 453 g/mol. The lowest BCUT2D eigenvalue weighted by Gasteiger charge is -2.36. The zero-order valence-corrected chi connectivity index (χ0v) is 18.3. The lowest BCUT2D eigenvalue weighted by molar-refractivity contribution is -0.137. The fourth-order valence-electron chi connectivity index (χ4n) is 3.19. The fraction of sp³-hybridized carbons (Fsp3) is 0.476. The van der Waals surface area contributed by atoms with E-state index in [4.69, 9.17) is 0 Å². The number of amides is 1. The van der Waals surface area contributed by atoms with Crippen molar-refractivity contribution in [1.82, 2.24) is 15.5 Å². The van der Waals surface area contributed by atoms with Crippen LogP contribution >= 0.6 is 11.8 Å². The summed E-state index contributed by atoms with van der Waals surface area (Å²) in [5, 5.41) is 12.0. The van der Waals surface area contributed by atoms with Gasteiger partial charge in [0.25, 0.3) is 0 Å². The van der Waals surface area contributed by atoms with Crippen molar-refractivity contribution < 1.29 is 18.0 Å². The number of hydrogen-bond acceptors (Lipinski definition) is 6. The van der Waals surface area contributed by atoms with E-state index in [2.05, 4.69) is 20.4 Å². The van der Waals surface area contributed by atoms with E-state index in [9.17, 15) is 18.0 Å². The summed E-state index contributed by atoms with van der Waals surface area (Å²) in [5.41, 5.74) is -0.0628. The average Bonchev–Trinajstić information content (AvgIpc) is 2.77. The van der Waals surface area contributed by atoms with Gasteiger partial charge in [0.15, 0.2) is 5.82 Å². The number of carbonyl (C=O) groups excluding carboxylic acids is 1. The van der Waals surface area contributed by atoms with Crippen molar-refractivity contribution in [2.45, 2.75) is 37.5 Å². The molecule has 31 heavy (non-hydrogen) atoms. The summed E-state index contributed by atoms with van der Waals surface area (Å²) < 4.78 is 38.9. The zero-order valence-electron chi connectivity index (χ0n) is 17.5. The molecule has 1 amide bonds. The third kappa shape index (κ3) is 6.49. The van der Waals surface area contributed by atoms with Gasteiger partial charge < -0.3 is 15.1 Å². The maximum atomic E-state index is 13.0. The maximum absolute atomic E-state index is 13.0. The Morgan fingerprint density at radius 2 is 1.84 bits per heavy atom. The predicted molar refractivity (Wildman–Crippen MR) is 117 cm³/mol. The minimum atomic E-state index is -4.35. The molecule has 1 atom stereocenters. The number of nitrogens with one attached hydrogen (secondary N) is 1. The number of benzene rings is 1. The van der Waals surface area contributed by atoms with Crippen LogP contribution in [-0.2, 0) is 11.0 Å². The molecule has 3 rings (SSSR count). The number of carbonyl (C=O) groups is 1. The number of alkyl halides is 3. The number of nitrogens with zero attached hydrogens (tertiary/aromatic N) is 4. The molecule has 1 aromatic carbocycles. The van der Waals surface area contributed by atoms with Crippen molar-refractivity contribution in [3.63, 3.8) is 0 Å². The molecule has 0 unspecified atom stereocenters. The van der Waals surface area contributed by atoms with E-state index < -0.39 is 11.7 Å². The van der Waals surface area contributed by atoms with Crippen LogP contribution in [0.15, 0.2) is 41.4 Å². The van der Waals surface area contributed by atoms with Gasteiger partial charge in [0.05, 0.1) is 11.3 Å². The molecule has 6 nitrogen and oxygen atoms in total. The first-order valence-electron chi connectivity index (χ1n) is 10.2.